The summed E-state index contributed by atoms with van der Waals surface area (Å²) in [6.45, 7) is 1.80. The molecule has 0 aliphatic rings. The zero-order valence-corrected chi connectivity index (χ0v) is 12.0. The first-order valence-corrected chi connectivity index (χ1v) is 6.79. The van der Waals surface area contributed by atoms with Crippen LogP contribution in [0.25, 0.3) is 0 Å². The van der Waals surface area contributed by atoms with Crippen LogP contribution in [0.15, 0.2) is 24.3 Å². The summed E-state index contributed by atoms with van der Waals surface area (Å²) in [5.74, 6) is -1.28. The average molecular weight is 333 g/mol. The van der Waals surface area contributed by atoms with Crippen molar-refractivity contribution in [3.05, 3.63) is 30.1 Å². The highest BCUT2D eigenvalue weighted by Crippen LogP contribution is 2.32. The number of nitrogens with one attached hydrogen (secondary N) is 1. The van der Waals surface area contributed by atoms with Crippen molar-refractivity contribution in [3.63, 3.8) is 0 Å². The van der Waals surface area contributed by atoms with Crippen LogP contribution in [-0.4, -0.2) is 28.3 Å². The third kappa shape index (κ3) is 4.32. The van der Waals surface area contributed by atoms with Crippen LogP contribution in [0, 0.1) is 0 Å². The van der Waals surface area contributed by atoms with Crippen molar-refractivity contribution < 1.29 is 27.4 Å². The number of nitrogens with zero attached hydrogens (tertiary/aromatic N) is 2. The van der Waals surface area contributed by atoms with E-state index in [9.17, 15) is 18.0 Å². The number of halogens is 3. The second kappa shape index (κ2) is 6.60. The summed E-state index contributed by atoms with van der Waals surface area (Å²) in [4.78, 5) is 15.3. The maximum atomic E-state index is 12.3. The lowest BCUT2D eigenvalue weighted by molar-refractivity contribution is -0.274. The highest BCUT2D eigenvalue weighted by Gasteiger charge is 2.32. The SMILES string of the molecule is CCOC(=O)c1nsc(Nc2ccccc2OC(F)(F)F)n1. The van der Waals surface area contributed by atoms with Gasteiger partial charge in [-0.05, 0) is 19.1 Å². The van der Waals surface area contributed by atoms with Gasteiger partial charge >= 0.3 is 12.3 Å². The van der Waals surface area contributed by atoms with E-state index in [0.29, 0.717) is 0 Å². The Labute approximate surface area is 127 Å². The molecule has 0 saturated carbocycles. The van der Waals surface area contributed by atoms with Gasteiger partial charge in [-0.2, -0.15) is 9.36 Å². The molecule has 0 radical (unpaired) electrons. The normalized spacial score (nSPS) is 11.1. The fourth-order valence-electron chi connectivity index (χ4n) is 1.45. The van der Waals surface area contributed by atoms with Gasteiger partial charge in [0.1, 0.15) is 0 Å². The van der Waals surface area contributed by atoms with E-state index < -0.39 is 18.1 Å². The molecular weight excluding hydrogens is 323 g/mol. The van der Waals surface area contributed by atoms with Crippen LogP contribution in [0.4, 0.5) is 24.0 Å². The molecule has 118 valence electrons. The molecule has 0 amide bonds. The number of hydrogen-bond donors (Lipinski definition) is 1. The van der Waals surface area contributed by atoms with Crippen LogP contribution >= 0.6 is 11.5 Å². The van der Waals surface area contributed by atoms with Crippen LogP contribution in [0.1, 0.15) is 17.5 Å². The molecule has 0 fully saturated rings. The van der Waals surface area contributed by atoms with Crippen molar-refractivity contribution in [2.24, 2.45) is 0 Å². The van der Waals surface area contributed by atoms with E-state index in [1.807, 2.05) is 0 Å². The number of rotatable bonds is 5. The third-order valence-electron chi connectivity index (χ3n) is 2.24. The lowest BCUT2D eigenvalue weighted by Crippen LogP contribution is -2.17. The molecule has 2 aromatic rings. The molecule has 22 heavy (non-hydrogen) atoms. The van der Waals surface area contributed by atoms with Crippen LogP contribution in [0.3, 0.4) is 0 Å². The Morgan fingerprint density at radius 1 is 1.36 bits per heavy atom. The van der Waals surface area contributed by atoms with E-state index in [1.165, 1.54) is 18.2 Å². The van der Waals surface area contributed by atoms with Crippen LogP contribution in [0.5, 0.6) is 5.75 Å². The third-order valence-corrected chi connectivity index (χ3v) is 2.87. The first-order valence-electron chi connectivity index (χ1n) is 6.01. The molecule has 0 spiro atoms. The van der Waals surface area contributed by atoms with Crippen molar-refractivity contribution in [1.82, 2.24) is 9.36 Å². The summed E-state index contributed by atoms with van der Waals surface area (Å²) in [5.41, 5.74) is 0.0476. The number of esters is 1. The van der Waals surface area contributed by atoms with E-state index in [1.54, 1.807) is 6.92 Å². The number of anilines is 2. The molecule has 1 aromatic carbocycles. The van der Waals surface area contributed by atoms with Crippen molar-refractivity contribution in [3.8, 4) is 5.75 Å². The number of hydrogen-bond acceptors (Lipinski definition) is 7. The maximum Gasteiger partial charge on any atom is 0.573 e. The van der Waals surface area contributed by atoms with E-state index in [4.69, 9.17) is 4.74 Å². The largest absolute Gasteiger partial charge is 0.573 e. The lowest BCUT2D eigenvalue weighted by atomic mass is 10.3. The number of aromatic nitrogens is 2. The van der Waals surface area contributed by atoms with Gasteiger partial charge in [0.25, 0.3) is 5.82 Å². The van der Waals surface area contributed by atoms with Gasteiger partial charge in [0, 0.05) is 11.5 Å². The van der Waals surface area contributed by atoms with Gasteiger partial charge in [-0.3, -0.25) is 0 Å². The molecule has 0 bridgehead atoms. The molecule has 6 nitrogen and oxygen atoms in total. The van der Waals surface area contributed by atoms with Crippen LogP contribution in [0.2, 0.25) is 0 Å². The highest BCUT2D eigenvalue weighted by molar-refractivity contribution is 7.09. The first kappa shape index (κ1) is 16.0. The van der Waals surface area contributed by atoms with E-state index in [2.05, 4.69) is 19.4 Å². The molecule has 1 N–H and O–H groups in total. The minimum Gasteiger partial charge on any atom is -0.460 e. The zero-order chi connectivity index (χ0) is 16.2. The second-order valence-electron chi connectivity index (χ2n) is 3.81. The first-order chi connectivity index (χ1) is 10.4. The Morgan fingerprint density at radius 2 is 2.09 bits per heavy atom. The molecule has 1 aromatic heterocycles. The molecule has 10 heteroatoms. The van der Waals surface area contributed by atoms with E-state index >= 15 is 0 Å². The number of benzene rings is 1. The van der Waals surface area contributed by atoms with Gasteiger partial charge in [-0.25, -0.2) is 4.79 Å². The van der Waals surface area contributed by atoms with Gasteiger partial charge in [0.15, 0.2) is 5.75 Å². The predicted octanol–water partition coefficient (Wildman–Crippen LogP) is 3.36. The lowest BCUT2D eigenvalue weighted by Gasteiger charge is -2.12. The summed E-state index contributed by atoms with van der Waals surface area (Å²) in [7, 11) is 0. The van der Waals surface area contributed by atoms with Crippen molar-refractivity contribution >= 4 is 28.3 Å². The van der Waals surface area contributed by atoms with Crippen molar-refractivity contribution in [1.29, 1.82) is 0 Å². The monoisotopic (exact) mass is 333 g/mol. The highest BCUT2D eigenvalue weighted by atomic mass is 32.1. The van der Waals surface area contributed by atoms with Gasteiger partial charge in [0.2, 0.25) is 5.13 Å². The minimum absolute atomic E-state index is 0.0476. The molecule has 0 unspecified atom stereocenters. The van der Waals surface area contributed by atoms with Crippen molar-refractivity contribution in [2.75, 3.05) is 11.9 Å². The maximum absolute atomic E-state index is 12.3. The molecule has 1 heterocycles. The Morgan fingerprint density at radius 3 is 2.77 bits per heavy atom. The fraction of sp³-hybridized carbons (Fsp3) is 0.250. The molecular formula is C12H10F3N3O3S. The van der Waals surface area contributed by atoms with Gasteiger partial charge in [-0.15, -0.1) is 13.2 Å². The average Bonchev–Trinajstić information content (AvgIpc) is 2.88. The molecule has 0 aliphatic heterocycles. The Kier molecular flexibility index (Phi) is 4.81. The molecule has 0 saturated heterocycles. The summed E-state index contributed by atoms with van der Waals surface area (Å²) in [5, 5.41) is 2.76. The number of para-hydroxylation sites is 2. The zero-order valence-electron chi connectivity index (χ0n) is 11.2. The Bertz CT molecular complexity index is 660. The quantitative estimate of drug-likeness (QED) is 0.846. The smallest absolute Gasteiger partial charge is 0.460 e. The summed E-state index contributed by atoms with van der Waals surface area (Å²) in [6, 6.07) is 5.46. The predicted molar refractivity (Wildman–Crippen MR) is 72.3 cm³/mol. The van der Waals surface area contributed by atoms with Crippen LogP contribution < -0.4 is 10.1 Å². The van der Waals surface area contributed by atoms with E-state index in [-0.39, 0.29) is 23.3 Å². The molecule has 0 aliphatic carbocycles. The summed E-state index contributed by atoms with van der Waals surface area (Å²) < 4.78 is 49.3. The minimum atomic E-state index is -4.81. The Balaban J connectivity index is 2.16. The number of carbonyl (C=O) groups is 1. The number of ether oxygens (including phenoxy) is 2. The van der Waals surface area contributed by atoms with Crippen LogP contribution in [-0.2, 0) is 4.74 Å². The van der Waals surface area contributed by atoms with Crippen molar-refractivity contribution in [2.45, 2.75) is 13.3 Å². The number of carbonyl (C=O) groups excluding carboxylic acids is 1. The van der Waals surface area contributed by atoms with Gasteiger partial charge in [-0.1, -0.05) is 12.1 Å². The van der Waals surface area contributed by atoms with E-state index in [0.717, 1.165) is 17.6 Å². The summed E-state index contributed by atoms with van der Waals surface area (Å²) in [6.07, 6.45) is -4.81. The second-order valence-corrected chi connectivity index (χ2v) is 4.56. The Hall–Kier alpha value is -2.36. The summed E-state index contributed by atoms with van der Waals surface area (Å²) >= 11 is 0.815. The molecule has 2 rings (SSSR count). The topological polar surface area (TPSA) is 73.3 Å². The number of alkyl halides is 3. The standard InChI is InChI=1S/C12H10F3N3O3S/c1-2-20-10(19)9-17-11(22-18-9)16-7-5-3-4-6-8(7)21-12(13,14)15/h3-6H,2H2,1H3,(H,16,17,18). The van der Waals surface area contributed by atoms with Gasteiger partial charge < -0.3 is 14.8 Å². The molecule has 0 atom stereocenters. The van der Waals surface area contributed by atoms with Gasteiger partial charge in [0.05, 0.1) is 12.3 Å². The fourth-order valence-corrected chi connectivity index (χ4v) is 2.02.